The molecule has 0 bridgehead atoms. The van der Waals surface area contributed by atoms with Crippen LogP contribution in [0.15, 0.2) is 66.9 Å². The molecule has 3 heterocycles. The lowest BCUT2D eigenvalue weighted by molar-refractivity contribution is -0.116. The number of hydrogen-bond donors (Lipinski definition) is 2. The Morgan fingerprint density at radius 1 is 1.14 bits per heavy atom. The molecule has 0 saturated carbocycles. The Hall–Kier alpha value is -3.80. The monoisotopic (exact) mass is 385 g/mol. The van der Waals surface area contributed by atoms with Crippen LogP contribution < -0.4 is 10.1 Å². The van der Waals surface area contributed by atoms with Crippen molar-refractivity contribution in [3.8, 4) is 22.8 Å². The molecule has 2 aromatic heterocycles. The summed E-state index contributed by atoms with van der Waals surface area (Å²) >= 11 is 0. The number of aromatic nitrogens is 2. The molecule has 1 aliphatic heterocycles. The Kier molecular flexibility index (Phi) is 3.98. The second-order valence-corrected chi connectivity index (χ2v) is 7.06. The molecule has 0 saturated heterocycles. The lowest BCUT2D eigenvalue weighted by atomic mass is 9.85. The van der Waals surface area contributed by atoms with Crippen molar-refractivity contribution in [1.82, 2.24) is 9.38 Å². The molecule has 4 aromatic rings. The first-order chi connectivity index (χ1) is 14.2. The minimum absolute atomic E-state index is 0.00590. The summed E-state index contributed by atoms with van der Waals surface area (Å²) in [5, 5.41) is 13.0. The maximum Gasteiger partial charge on any atom is 0.225 e. The van der Waals surface area contributed by atoms with Crippen molar-refractivity contribution in [3.05, 3.63) is 78.1 Å². The highest BCUT2D eigenvalue weighted by molar-refractivity contribution is 5.96. The molecule has 1 unspecified atom stereocenters. The minimum atomic E-state index is -0.235. The second-order valence-electron chi connectivity index (χ2n) is 7.06. The van der Waals surface area contributed by atoms with Crippen molar-refractivity contribution in [2.75, 3.05) is 12.4 Å². The topological polar surface area (TPSA) is 75.9 Å². The Labute approximate surface area is 167 Å². The van der Waals surface area contributed by atoms with Crippen molar-refractivity contribution in [2.24, 2.45) is 0 Å². The predicted octanol–water partition coefficient (Wildman–Crippen LogP) is 4.19. The van der Waals surface area contributed by atoms with Gasteiger partial charge in [0, 0.05) is 35.9 Å². The third kappa shape index (κ3) is 2.81. The molecule has 1 aliphatic rings. The number of carbonyl (C=O) groups is 1. The van der Waals surface area contributed by atoms with E-state index in [-0.39, 0.29) is 24.0 Å². The summed E-state index contributed by atoms with van der Waals surface area (Å²) in [4.78, 5) is 17.4. The van der Waals surface area contributed by atoms with Gasteiger partial charge in [-0.15, -0.1) is 0 Å². The highest BCUT2D eigenvalue weighted by Gasteiger charge is 2.32. The molecule has 5 rings (SSSR count). The van der Waals surface area contributed by atoms with Crippen LogP contribution in [0.2, 0.25) is 0 Å². The van der Waals surface area contributed by atoms with E-state index >= 15 is 0 Å². The molecule has 6 nitrogen and oxygen atoms in total. The summed E-state index contributed by atoms with van der Waals surface area (Å²) in [6.07, 6.45) is 2.25. The molecule has 0 radical (unpaired) electrons. The van der Waals surface area contributed by atoms with Gasteiger partial charge in [-0.05, 0) is 23.8 Å². The van der Waals surface area contributed by atoms with Crippen molar-refractivity contribution < 1.29 is 14.6 Å². The Bertz CT molecular complexity index is 1230. The lowest BCUT2D eigenvalue weighted by Gasteiger charge is -2.27. The summed E-state index contributed by atoms with van der Waals surface area (Å²) in [5.41, 5.74) is 5.07. The molecule has 1 atom stereocenters. The SMILES string of the molecule is COc1cc2c(cc1O)NC(=O)CC2c1c(-c2ccccc2)nc2ccccn12. The fourth-order valence-electron chi connectivity index (χ4n) is 4.04. The number of nitrogens with one attached hydrogen (secondary N) is 1. The van der Waals surface area contributed by atoms with E-state index in [9.17, 15) is 9.90 Å². The van der Waals surface area contributed by atoms with E-state index in [2.05, 4.69) is 5.32 Å². The van der Waals surface area contributed by atoms with E-state index in [0.29, 0.717) is 11.4 Å². The largest absolute Gasteiger partial charge is 0.504 e. The molecule has 0 fully saturated rings. The number of pyridine rings is 1. The number of methoxy groups -OCH3 is 1. The molecule has 2 N–H and O–H groups in total. The highest BCUT2D eigenvalue weighted by atomic mass is 16.5. The van der Waals surface area contributed by atoms with Crippen LogP contribution in [0.5, 0.6) is 11.5 Å². The summed E-state index contributed by atoms with van der Waals surface area (Å²) in [7, 11) is 1.52. The molecular formula is C23H19N3O3. The number of phenolic OH excluding ortho intramolecular Hbond substituents is 1. The van der Waals surface area contributed by atoms with Gasteiger partial charge in [-0.2, -0.15) is 0 Å². The molecule has 6 heteroatoms. The van der Waals surface area contributed by atoms with Crippen LogP contribution in [0.1, 0.15) is 23.6 Å². The van der Waals surface area contributed by atoms with Gasteiger partial charge >= 0.3 is 0 Å². The first kappa shape index (κ1) is 17.3. The number of anilines is 1. The quantitative estimate of drug-likeness (QED) is 0.554. The van der Waals surface area contributed by atoms with E-state index in [1.54, 1.807) is 12.1 Å². The number of aromatic hydroxyl groups is 1. The number of phenols is 1. The average molecular weight is 385 g/mol. The first-order valence-electron chi connectivity index (χ1n) is 9.39. The van der Waals surface area contributed by atoms with Gasteiger partial charge in [0.2, 0.25) is 5.91 Å². The number of hydrogen-bond acceptors (Lipinski definition) is 4. The first-order valence-corrected chi connectivity index (χ1v) is 9.39. The van der Waals surface area contributed by atoms with Crippen molar-refractivity contribution in [3.63, 3.8) is 0 Å². The second kappa shape index (κ2) is 6.67. The fraction of sp³-hybridized carbons (Fsp3) is 0.130. The molecular weight excluding hydrogens is 366 g/mol. The van der Waals surface area contributed by atoms with Gasteiger partial charge in [-0.3, -0.25) is 4.79 Å². The zero-order valence-corrected chi connectivity index (χ0v) is 15.8. The van der Waals surface area contributed by atoms with E-state index in [1.807, 2.05) is 59.1 Å². The Balaban J connectivity index is 1.80. The van der Waals surface area contributed by atoms with E-state index in [0.717, 1.165) is 28.2 Å². The third-order valence-electron chi connectivity index (χ3n) is 5.33. The van der Waals surface area contributed by atoms with E-state index in [1.165, 1.54) is 7.11 Å². The van der Waals surface area contributed by atoms with Crippen LogP contribution in [0.4, 0.5) is 5.69 Å². The molecule has 144 valence electrons. The Morgan fingerprint density at radius 3 is 2.72 bits per heavy atom. The number of rotatable bonds is 3. The summed E-state index contributed by atoms with van der Waals surface area (Å²) < 4.78 is 7.36. The minimum Gasteiger partial charge on any atom is -0.504 e. The fourth-order valence-corrected chi connectivity index (χ4v) is 4.04. The summed E-state index contributed by atoms with van der Waals surface area (Å²) in [5.74, 6) is 0.0337. The normalized spacial score (nSPS) is 15.8. The smallest absolute Gasteiger partial charge is 0.225 e. The highest BCUT2D eigenvalue weighted by Crippen LogP contribution is 2.45. The van der Waals surface area contributed by atoms with Gasteiger partial charge in [0.1, 0.15) is 5.65 Å². The van der Waals surface area contributed by atoms with Gasteiger partial charge in [-0.1, -0.05) is 36.4 Å². The van der Waals surface area contributed by atoms with Gasteiger partial charge in [-0.25, -0.2) is 4.98 Å². The zero-order valence-electron chi connectivity index (χ0n) is 15.8. The number of benzene rings is 2. The zero-order chi connectivity index (χ0) is 20.0. The molecule has 2 aromatic carbocycles. The summed E-state index contributed by atoms with van der Waals surface area (Å²) in [6.45, 7) is 0. The maximum absolute atomic E-state index is 12.5. The van der Waals surface area contributed by atoms with Crippen molar-refractivity contribution >= 4 is 17.2 Å². The summed E-state index contributed by atoms with van der Waals surface area (Å²) in [6, 6.07) is 19.2. The molecule has 29 heavy (non-hydrogen) atoms. The van der Waals surface area contributed by atoms with Crippen LogP contribution in [0.3, 0.4) is 0 Å². The lowest BCUT2D eigenvalue weighted by Crippen LogP contribution is -2.24. The van der Waals surface area contributed by atoms with Gasteiger partial charge < -0.3 is 19.6 Å². The van der Waals surface area contributed by atoms with Crippen molar-refractivity contribution in [1.29, 1.82) is 0 Å². The van der Waals surface area contributed by atoms with Gasteiger partial charge in [0.05, 0.1) is 18.5 Å². The molecule has 0 aliphatic carbocycles. The number of ether oxygens (including phenoxy) is 1. The number of amides is 1. The van der Waals surface area contributed by atoms with Crippen LogP contribution in [0.25, 0.3) is 16.9 Å². The van der Waals surface area contributed by atoms with Gasteiger partial charge in [0.25, 0.3) is 0 Å². The third-order valence-corrected chi connectivity index (χ3v) is 5.33. The number of fused-ring (bicyclic) bond motifs is 2. The number of imidazole rings is 1. The van der Waals surface area contributed by atoms with Crippen LogP contribution >= 0.6 is 0 Å². The standard InChI is InChI=1S/C23H19N3O3/c1-29-19-11-15-16(12-21(28)24-17(15)13-18(19)27)23-22(14-7-3-2-4-8-14)25-20-9-5-6-10-26(20)23/h2-11,13,16,27H,12H2,1H3,(H,24,28). The predicted molar refractivity (Wildman–Crippen MR) is 110 cm³/mol. The Morgan fingerprint density at radius 2 is 1.93 bits per heavy atom. The van der Waals surface area contributed by atoms with Crippen LogP contribution in [-0.4, -0.2) is 27.5 Å². The molecule has 1 amide bonds. The average Bonchev–Trinajstić information content (AvgIpc) is 3.12. The van der Waals surface area contributed by atoms with Crippen molar-refractivity contribution in [2.45, 2.75) is 12.3 Å². The van der Waals surface area contributed by atoms with E-state index in [4.69, 9.17) is 9.72 Å². The number of carbonyl (C=O) groups excluding carboxylic acids is 1. The van der Waals surface area contributed by atoms with Crippen LogP contribution in [-0.2, 0) is 4.79 Å². The van der Waals surface area contributed by atoms with Gasteiger partial charge in [0.15, 0.2) is 11.5 Å². The van der Waals surface area contributed by atoms with Crippen LogP contribution in [0, 0.1) is 0 Å². The van der Waals surface area contributed by atoms with E-state index < -0.39 is 0 Å². The maximum atomic E-state index is 12.5. The number of nitrogens with zero attached hydrogens (tertiary/aromatic N) is 2. The molecule has 0 spiro atoms.